The first-order valence-corrected chi connectivity index (χ1v) is 10.8. The molecule has 2 heterocycles. The SMILES string of the molecule is Cc1cccc2ncnc(Oc3ccc(N(C)S(=O)(=O)c4cccs4)cc3)c12. The molecule has 0 aliphatic heterocycles. The summed E-state index contributed by atoms with van der Waals surface area (Å²) in [5.74, 6) is 1.03. The number of hydrogen-bond acceptors (Lipinski definition) is 6. The van der Waals surface area contributed by atoms with E-state index >= 15 is 0 Å². The lowest BCUT2D eigenvalue weighted by atomic mass is 10.1. The molecule has 142 valence electrons. The number of hydrogen-bond donors (Lipinski definition) is 0. The number of thiophene rings is 1. The molecule has 2 aromatic heterocycles. The fourth-order valence-electron chi connectivity index (χ4n) is 2.84. The van der Waals surface area contributed by atoms with Crippen LogP contribution in [0.2, 0.25) is 0 Å². The minimum Gasteiger partial charge on any atom is -0.438 e. The Kier molecular flexibility index (Phi) is 4.74. The van der Waals surface area contributed by atoms with Crippen molar-refractivity contribution < 1.29 is 13.2 Å². The maximum Gasteiger partial charge on any atom is 0.273 e. The Balaban J connectivity index is 1.61. The third-order valence-electron chi connectivity index (χ3n) is 4.36. The average molecular weight is 412 g/mol. The second kappa shape index (κ2) is 7.21. The first-order valence-electron chi connectivity index (χ1n) is 8.47. The monoisotopic (exact) mass is 411 g/mol. The number of sulfonamides is 1. The molecule has 0 radical (unpaired) electrons. The van der Waals surface area contributed by atoms with Gasteiger partial charge in [0.1, 0.15) is 16.3 Å². The molecule has 0 bridgehead atoms. The van der Waals surface area contributed by atoms with E-state index in [1.54, 1.807) is 41.8 Å². The number of ether oxygens (including phenoxy) is 1. The van der Waals surface area contributed by atoms with E-state index in [1.807, 2.05) is 25.1 Å². The summed E-state index contributed by atoms with van der Waals surface area (Å²) in [4.78, 5) is 8.52. The van der Waals surface area contributed by atoms with E-state index in [9.17, 15) is 8.42 Å². The minimum absolute atomic E-state index is 0.304. The van der Waals surface area contributed by atoms with E-state index in [0.717, 1.165) is 16.5 Å². The van der Waals surface area contributed by atoms with Crippen LogP contribution < -0.4 is 9.04 Å². The maximum absolute atomic E-state index is 12.6. The number of rotatable bonds is 5. The molecule has 0 amide bonds. The van der Waals surface area contributed by atoms with Crippen LogP contribution in [0.15, 0.2) is 70.5 Å². The van der Waals surface area contributed by atoms with E-state index in [2.05, 4.69) is 9.97 Å². The number of nitrogens with zero attached hydrogens (tertiary/aromatic N) is 3. The Hall–Kier alpha value is -2.97. The fourth-order valence-corrected chi connectivity index (χ4v) is 5.20. The van der Waals surface area contributed by atoms with Gasteiger partial charge in [-0.3, -0.25) is 4.31 Å². The largest absolute Gasteiger partial charge is 0.438 e. The van der Waals surface area contributed by atoms with Crippen LogP contribution in [-0.2, 0) is 10.0 Å². The Bertz CT molecular complexity index is 1220. The maximum atomic E-state index is 12.6. The smallest absolute Gasteiger partial charge is 0.273 e. The topological polar surface area (TPSA) is 72.4 Å². The second-order valence-corrected chi connectivity index (χ2v) is 9.29. The zero-order valence-corrected chi connectivity index (χ0v) is 16.9. The van der Waals surface area contributed by atoms with Gasteiger partial charge in [0.15, 0.2) is 0 Å². The van der Waals surface area contributed by atoms with Gasteiger partial charge in [-0.05, 0) is 54.3 Å². The van der Waals surface area contributed by atoms with E-state index in [4.69, 9.17) is 4.74 Å². The van der Waals surface area contributed by atoms with E-state index < -0.39 is 10.0 Å². The van der Waals surface area contributed by atoms with Crippen LogP contribution in [-0.4, -0.2) is 25.4 Å². The second-order valence-electron chi connectivity index (χ2n) is 6.15. The van der Waals surface area contributed by atoms with Gasteiger partial charge in [-0.1, -0.05) is 18.2 Å². The Labute approximate surface area is 167 Å². The quantitative estimate of drug-likeness (QED) is 0.479. The van der Waals surface area contributed by atoms with Crippen molar-refractivity contribution in [2.24, 2.45) is 0 Å². The van der Waals surface area contributed by atoms with Gasteiger partial charge in [-0.15, -0.1) is 11.3 Å². The van der Waals surface area contributed by atoms with Crippen LogP contribution in [0.1, 0.15) is 5.56 Å². The van der Waals surface area contributed by atoms with Crippen LogP contribution in [0.3, 0.4) is 0 Å². The number of benzene rings is 2. The van der Waals surface area contributed by atoms with Crippen LogP contribution in [0.5, 0.6) is 11.6 Å². The standard InChI is InChI=1S/C20H17N3O3S2/c1-14-5-3-6-17-19(14)20(22-13-21-17)26-16-10-8-15(9-11-16)23(2)28(24,25)18-7-4-12-27-18/h3-13H,1-2H3. The van der Waals surface area contributed by atoms with Gasteiger partial charge in [0.05, 0.1) is 16.6 Å². The van der Waals surface area contributed by atoms with Crippen molar-refractivity contribution >= 4 is 38.0 Å². The summed E-state index contributed by atoms with van der Waals surface area (Å²) in [6.07, 6.45) is 1.47. The first-order chi connectivity index (χ1) is 13.5. The van der Waals surface area contributed by atoms with E-state index in [-0.39, 0.29) is 0 Å². The minimum atomic E-state index is -3.56. The highest BCUT2D eigenvalue weighted by Gasteiger charge is 2.22. The molecular weight excluding hydrogens is 394 g/mol. The Morgan fingerprint density at radius 1 is 1.00 bits per heavy atom. The van der Waals surface area contributed by atoms with Crippen LogP contribution in [0.25, 0.3) is 10.9 Å². The highest BCUT2D eigenvalue weighted by molar-refractivity contribution is 7.94. The Morgan fingerprint density at radius 2 is 1.79 bits per heavy atom. The van der Waals surface area contributed by atoms with Crippen LogP contribution in [0, 0.1) is 6.92 Å². The number of aryl methyl sites for hydroxylation is 1. The third-order valence-corrected chi connectivity index (χ3v) is 7.52. The summed E-state index contributed by atoms with van der Waals surface area (Å²) in [5, 5.41) is 2.59. The van der Waals surface area contributed by atoms with Gasteiger partial charge in [0, 0.05) is 7.05 Å². The third kappa shape index (κ3) is 3.32. The molecule has 28 heavy (non-hydrogen) atoms. The summed E-state index contributed by atoms with van der Waals surface area (Å²) in [6.45, 7) is 1.98. The molecule has 2 aromatic carbocycles. The Morgan fingerprint density at radius 3 is 2.50 bits per heavy atom. The van der Waals surface area contributed by atoms with E-state index in [0.29, 0.717) is 21.5 Å². The molecule has 0 aliphatic carbocycles. The van der Waals surface area contributed by atoms with Crippen LogP contribution in [0.4, 0.5) is 5.69 Å². The van der Waals surface area contributed by atoms with Gasteiger partial charge in [0.2, 0.25) is 5.88 Å². The van der Waals surface area contributed by atoms with Crippen molar-refractivity contribution in [1.29, 1.82) is 0 Å². The zero-order chi connectivity index (χ0) is 19.7. The zero-order valence-electron chi connectivity index (χ0n) is 15.2. The average Bonchev–Trinajstić information content (AvgIpc) is 3.24. The normalized spacial score (nSPS) is 11.5. The summed E-state index contributed by atoms with van der Waals surface area (Å²) < 4.78 is 32.8. The molecule has 0 aliphatic rings. The van der Waals surface area contributed by atoms with Crippen molar-refractivity contribution in [1.82, 2.24) is 9.97 Å². The van der Waals surface area contributed by atoms with E-state index in [1.165, 1.54) is 29.0 Å². The molecule has 0 atom stereocenters. The van der Waals surface area contributed by atoms with Gasteiger partial charge in [-0.25, -0.2) is 18.4 Å². The van der Waals surface area contributed by atoms with Crippen molar-refractivity contribution in [3.05, 3.63) is 71.9 Å². The lowest BCUT2D eigenvalue weighted by molar-refractivity contribution is 0.468. The molecule has 0 saturated heterocycles. The molecule has 6 nitrogen and oxygen atoms in total. The van der Waals surface area contributed by atoms with Crippen molar-refractivity contribution in [2.75, 3.05) is 11.4 Å². The number of aromatic nitrogens is 2. The molecule has 8 heteroatoms. The van der Waals surface area contributed by atoms with Crippen molar-refractivity contribution in [2.45, 2.75) is 11.1 Å². The summed E-state index contributed by atoms with van der Waals surface area (Å²) in [5.41, 5.74) is 2.37. The van der Waals surface area contributed by atoms with Crippen molar-refractivity contribution in [3.63, 3.8) is 0 Å². The summed E-state index contributed by atoms with van der Waals surface area (Å²) in [7, 11) is -2.03. The highest BCUT2D eigenvalue weighted by atomic mass is 32.2. The summed E-state index contributed by atoms with van der Waals surface area (Å²) in [6, 6.07) is 16.0. The molecule has 0 fully saturated rings. The number of anilines is 1. The van der Waals surface area contributed by atoms with Crippen LogP contribution >= 0.6 is 11.3 Å². The first kappa shape index (κ1) is 18.4. The molecule has 0 saturated carbocycles. The lowest BCUT2D eigenvalue weighted by Gasteiger charge is -2.18. The van der Waals surface area contributed by atoms with Gasteiger partial charge < -0.3 is 4.74 Å². The van der Waals surface area contributed by atoms with Gasteiger partial charge in [-0.2, -0.15) is 0 Å². The predicted molar refractivity (Wildman–Crippen MR) is 111 cm³/mol. The molecule has 0 unspecified atom stereocenters. The molecular formula is C20H17N3O3S2. The fraction of sp³-hybridized carbons (Fsp3) is 0.100. The lowest BCUT2D eigenvalue weighted by Crippen LogP contribution is -2.25. The molecule has 0 N–H and O–H groups in total. The highest BCUT2D eigenvalue weighted by Crippen LogP contribution is 2.31. The van der Waals surface area contributed by atoms with Crippen molar-refractivity contribution in [3.8, 4) is 11.6 Å². The summed E-state index contributed by atoms with van der Waals surface area (Å²) >= 11 is 1.19. The van der Waals surface area contributed by atoms with Gasteiger partial charge >= 0.3 is 0 Å². The molecule has 4 rings (SSSR count). The predicted octanol–water partition coefficient (Wildman–Crippen LogP) is 4.62. The number of fused-ring (bicyclic) bond motifs is 1. The molecule has 0 spiro atoms. The molecule has 4 aromatic rings. The van der Waals surface area contributed by atoms with Gasteiger partial charge in [0.25, 0.3) is 10.0 Å².